The molecule has 0 atom stereocenters. The van der Waals surface area contributed by atoms with Gasteiger partial charge in [0.15, 0.2) is 0 Å². The first-order valence-corrected chi connectivity index (χ1v) is 8.76. The van der Waals surface area contributed by atoms with Gasteiger partial charge in [0.1, 0.15) is 30.5 Å². The Kier molecular flexibility index (Phi) is 5.96. The molecule has 0 fully saturated rings. The Bertz CT molecular complexity index is 925. The second kappa shape index (κ2) is 8.38. The molecule has 1 heterocycles. The van der Waals surface area contributed by atoms with Gasteiger partial charge >= 0.3 is 5.97 Å². The molecule has 0 saturated carbocycles. The van der Waals surface area contributed by atoms with Crippen molar-refractivity contribution in [3.63, 3.8) is 0 Å². The van der Waals surface area contributed by atoms with E-state index in [0.29, 0.717) is 11.5 Å². The number of ether oxygens (including phenoxy) is 2. The Morgan fingerprint density at radius 2 is 1.96 bits per heavy atom. The molecule has 0 unspecified atom stereocenters. The number of esters is 1. The van der Waals surface area contributed by atoms with E-state index in [-0.39, 0.29) is 24.0 Å². The topological polar surface area (TPSA) is 48.7 Å². The Labute approximate surface area is 162 Å². The molecule has 0 saturated heterocycles. The predicted molar refractivity (Wildman–Crippen MR) is 97.7 cm³/mol. The van der Waals surface area contributed by atoms with E-state index in [1.165, 1.54) is 18.2 Å². The number of hydrogen-bond acceptors (Lipinski definition) is 4. The van der Waals surface area contributed by atoms with Crippen LogP contribution in [0.2, 0.25) is 5.02 Å². The van der Waals surface area contributed by atoms with E-state index in [9.17, 15) is 9.18 Å². The van der Waals surface area contributed by atoms with Crippen LogP contribution in [0.3, 0.4) is 0 Å². The van der Waals surface area contributed by atoms with Gasteiger partial charge in [-0.3, -0.25) is 0 Å². The quantitative estimate of drug-likeness (QED) is 0.457. The lowest BCUT2D eigenvalue weighted by Crippen LogP contribution is -2.04. The van der Waals surface area contributed by atoms with Crippen molar-refractivity contribution in [3.05, 3.63) is 87.0 Å². The molecular weight excluding hydrogens is 427 g/mol. The Balaban J connectivity index is 1.56. The molecule has 1 aromatic heterocycles. The van der Waals surface area contributed by atoms with E-state index in [1.807, 2.05) is 24.3 Å². The highest BCUT2D eigenvalue weighted by Gasteiger charge is 2.14. The summed E-state index contributed by atoms with van der Waals surface area (Å²) in [6.45, 7) is 0.181. The SMILES string of the molecule is O=C(OCc1cccc(Br)c1)c1ccc(COc2ccc(F)cc2Cl)o1. The third-order valence-corrected chi connectivity index (χ3v) is 4.17. The van der Waals surface area contributed by atoms with Crippen LogP contribution < -0.4 is 4.74 Å². The van der Waals surface area contributed by atoms with Crippen LogP contribution in [0, 0.1) is 5.82 Å². The predicted octanol–water partition coefficient (Wildman–Crippen LogP) is 5.77. The summed E-state index contributed by atoms with van der Waals surface area (Å²) in [5.41, 5.74) is 0.855. The second-order valence-corrected chi connectivity index (χ2v) is 6.66. The van der Waals surface area contributed by atoms with Gasteiger partial charge in [-0.05, 0) is 48.0 Å². The molecule has 4 nitrogen and oxygen atoms in total. The molecule has 0 spiro atoms. The van der Waals surface area contributed by atoms with Gasteiger partial charge in [0.25, 0.3) is 0 Å². The van der Waals surface area contributed by atoms with Gasteiger partial charge in [0, 0.05) is 4.47 Å². The molecule has 3 aromatic rings. The summed E-state index contributed by atoms with van der Waals surface area (Å²) in [7, 11) is 0. The molecule has 3 rings (SSSR count). The van der Waals surface area contributed by atoms with E-state index in [0.717, 1.165) is 16.1 Å². The van der Waals surface area contributed by atoms with Crippen molar-refractivity contribution in [2.24, 2.45) is 0 Å². The van der Waals surface area contributed by atoms with E-state index in [2.05, 4.69) is 15.9 Å². The normalized spacial score (nSPS) is 10.6. The van der Waals surface area contributed by atoms with Crippen molar-refractivity contribution in [1.82, 2.24) is 0 Å². The number of rotatable bonds is 6. The van der Waals surface area contributed by atoms with Crippen LogP contribution in [0.5, 0.6) is 5.75 Å². The molecule has 0 N–H and O–H groups in total. The largest absolute Gasteiger partial charge is 0.484 e. The Morgan fingerprint density at radius 3 is 2.73 bits per heavy atom. The summed E-state index contributed by atoms with van der Waals surface area (Å²) < 4.78 is 30.0. The molecule has 0 aliphatic heterocycles. The van der Waals surface area contributed by atoms with E-state index < -0.39 is 11.8 Å². The fourth-order valence-corrected chi connectivity index (χ4v) is 2.82. The number of furan rings is 1. The van der Waals surface area contributed by atoms with Crippen LogP contribution >= 0.6 is 27.5 Å². The van der Waals surface area contributed by atoms with Crippen molar-refractivity contribution < 1.29 is 23.1 Å². The summed E-state index contributed by atoms with van der Waals surface area (Å²) >= 11 is 9.25. The van der Waals surface area contributed by atoms with Crippen LogP contribution in [0.25, 0.3) is 0 Å². The second-order valence-electron chi connectivity index (χ2n) is 5.34. The highest BCUT2D eigenvalue weighted by Crippen LogP contribution is 2.26. The standard InChI is InChI=1S/C19H13BrClFO4/c20-13-3-1-2-12(8-13)10-25-19(23)18-7-5-15(26-18)11-24-17-6-4-14(22)9-16(17)21/h1-9H,10-11H2. The van der Waals surface area contributed by atoms with Crippen LogP contribution in [0.1, 0.15) is 21.9 Å². The number of halogens is 3. The van der Waals surface area contributed by atoms with Crippen LogP contribution in [-0.2, 0) is 18.0 Å². The first-order valence-electron chi connectivity index (χ1n) is 7.59. The van der Waals surface area contributed by atoms with E-state index in [1.54, 1.807) is 6.07 Å². The minimum Gasteiger partial charge on any atom is -0.484 e. The number of carbonyl (C=O) groups is 1. The molecule has 134 valence electrons. The maximum absolute atomic E-state index is 13.0. The summed E-state index contributed by atoms with van der Waals surface area (Å²) in [5.74, 6) is -0.210. The van der Waals surface area contributed by atoms with Gasteiger partial charge in [0.2, 0.25) is 5.76 Å². The number of hydrogen-bond donors (Lipinski definition) is 0. The smallest absolute Gasteiger partial charge is 0.374 e. The monoisotopic (exact) mass is 438 g/mol. The maximum Gasteiger partial charge on any atom is 0.374 e. The fourth-order valence-electron chi connectivity index (χ4n) is 2.15. The first-order chi connectivity index (χ1) is 12.5. The van der Waals surface area contributed by atoms with Crippen molar-refractivity contribution in [2.45, 2.75) is 13.2 Å². The van der Waals surface area contributed by atoms with Crippen molar-refractivity contribution in [2.75, 3.05) is 0 Å². The van der Waals surface area contributed by atoms with Gasteiger partial charge < -0.3 is 13.9 Å². The zero-order chi connectivity index (χ0) is 18.5. The third-order valence-electron chi connectivity index (χ3n) is 3.39. The molecule has 2 aromatic carbocycles. The molecule has 0 aliphatic carbocycles. The average molecular weight is 440 g/mol. The lowest BCUT2D eigenvalue weighted by atomic mass is 10.2. The van der Waals surface area contributed by atoms with Gasteiger partial charge in [-0.1, -0.05) is 39.7 Å². The lowest BCUT2D eigenvalue weighted by Gasteiger charge is -2.06. The maximum atomic E-state index is 13.0. The van der Waals surface area contributed by atoms with Crippen molar-refractivity contribution in [3.8, 4) is 5.75 Å². The van der Waals surface area contributed by atoms with Crippen molar-refractivity contribution >= 4 is 33.5 Å². The number of benzene rings is 2. The van der Waals surface area contributed by atoms with Gasteiger partial charge in [-0.25, -0.2) is 9.18 Å². The fraction of sp³-hybridized carbons (Fsp3) is 0.105. The van der Waals surface area contributed by atoms with Gasteiger partial charge in [0.05, 0.1) is 5.02 Å². The van der Waals surface area contributed by atoms with Crippen LogP contribution in [-0.4, -0.2) is 5.97 Å². The summed E-state index contributed by atoms with van der Waals surface area (Å²) in [6.07, 6.45) is 0. The highest BCUT2D eigenvalue weighted by atomic mass is 79.9. The molecule has 26 heavy (non-hydrogen) atoms. The minimum atomic E-state index is -0.573. The molecular formula is C19H13BrClFO4. The number of carbonyl (C=O) groups excluding carboxylic acids is 1. The lowest BCUT2D eigenvalue weighted by molar-refractivity contribution is 0.0432. The van der Waals surface area contributed by atoms with Gasteiger partial charge in [-0.2, -0.15) is 0 Å². The Hall–Kier alpha value is -2.31. The average Bonchev–Trinajstić information content (AvgIpc) is 3.08. The highest BCUT2D eigenvalue weighted by molar-refractivity contribution is 9.10. The molecule has 0 aliphatic rings. The van der Waals surface area contributed by atoms with E-state index >= 15 is 0 Å². The van der Waals surface area contributed by atoms with E-state index in [4.69, 9.17) is 25.5 Å². The van der Waals surface area contributed by atoms with Crippen LogP contribution in [0.15, 0.2) is 63.5 Å². The van der Waals surface area contributed by atoms with Gasteiger partial charge in [-0.15, -0.1) is 0 Å². The summed E-state index contributed by atoms with van der Waals surface area (Å²) in [4.78, 5) is 12.1. The first kappa shape index (κ1) is 18.5. The zero-order valence-electron chi connectivity index (χ0n) is 13.4. The minimum absolute atomic E-state index is 0.0459. The summed E-state index contributed by atoms with van der Waals surface area (Å²) in [5, 5.41) is 0.158. The molecule has 7 heteroatoms. The molecule has 0 amide bonds. The molecule has 0 radical (unpaired) electrons. The third kappa shape index (κ3) is 4.86. The molecule has 0 bridgehead atoms. The Morgan fingerprint density at radius 1 is 1.12 bits per heavy atom. The zero-order valence-corrected chi connectivity index (χ0v) is 15.7. The summed E-state index contributed by atoms with van der Waals surface area (Å²) in [6, 6.07) is 14.4. The van der Waals surface area contributed by atoms with Crippen molar-refractivity contribution in [1.29, 1.82) is 0 Å². The van der Waals surface area contributed by atoms with Crippen LogP contribution in [0.4, 0.5) is 4.39 Å².